The molecule has 5 nitrogen and oxygen atoms in total. The Kier molecular flexibility index (Phi) is 4.45. The van der Waals surface area contributed by atoms with E-state index in [1.807, 2.05) is 19.9 Å². The Hall–Kier alpha value is -1.62. The van der Waals surface area contributed by atoms with Crippen molar-refractivity contribution in [3.05, 3.63) is 23.5 Å². The Morgan fingerprint density at radius 1 is 1.47 bits per heavy atom. The van der Waals surface area contributed by atoms with Crippen LogP contribution in [0.1, 0.15) is 25.2 Å². The van der Waals surface area contributed by atoms with E-state index in [1.54, 1.807) is 13.0 Å². The Labute approximate surface area is 101 Å². The highest BCUT2D eigenvalue weighted by atomic mass is 16.5. The van der Waals surface area contributed by atoms with Crippen molar-refractivity contribution in [2.75, 3.05) is 0 Å². The average Bonchev–Trinajstić information content (AvgIpc) is 2.20. The molecule has 1 rings (SSSR count). The van der Waals surface area contributed by atoms with E-state index < -0.39 is 12.0 Å². The molecular weight excluding hydrogens is 218 g/mol. The van der Waals surface area contributed by atoms with Crippen LogP contribution in [-0.4, -0.2) is 23.0 Å². The lowest BCUT2D eigenvalue weighted by molar-refractivity contribution is -0.124. The van der Waals surface area contributed by atoms with E-state index in [2.05, 4.69) is 4.98 Å². The van der Waals surface area contributed by atoms with Crippen LogP contribution in [0.4, 0.5) is 0 Å². The molecule has 0 aliphatic carbocycles. The second kappa shape index (κ2) is 5.63. The van der Waals surface area contributed by atoms with Crippen molar-refractivity contribution in [2.45, 2.75) is 39.3 Å². The molecule has 1 aromatic heterocycles. The predicted octanol–water partition coefficient (Wildman–Crippen LogP) is 0.532. The molecule has 0 aliphatic rings. The first-order chi connectivity index (χ1) is 7.90. The van der Waals surface area contributed by atoms with Crippen molar-refractivity contribution in [3.8, 4) is 5.75 Å². The number of hydrogen-bond donors (Lipinski definition) is 2. The van der Waals surface area contributed by atoms with E-state index in [-0.39, 0.29) is 6.04 Å². The van der Waals surface area contributed by atoms with Gasteiger partial charge in [0.05, 0.1) is 5.69 Å². The van der Waals surface area contributed by atoms with Gasteiger partial charge in [0.15, 0.2) is 6.10 Å². The lowest BCUT2D eigenvalue weighted by Gasteiger charge is -2.15. The van der Waals surface area contributed by atoms with E-state index in [0.29, 0.717) is 12.2 Å². The maximum absolute atomic E-state index is 11.0. The second-order valence-electron chi connectivity index (χ2n) is 4.24. The average molecular weight is 237 g/mol. The highest BCUT2D eigenvalue weighted by molar-refractivity contribution is 5.78. The van der Waals surface area contributed by atoms with E-state index >= 15 is 0 Å². The highest BCUT2D eigenvalue weighted by Crippen LogP contribution is 2.19. The predicted molar refractivity (Wildman–Crippen MR) is 65.6 cm³/mol. The molecule has 0 bridgehead atoms. The fraction of sp³-hybridized carbons (Fsp3) is 0.500. The number of primary amides is 1. The van der Waals surface area contributed by atoms with Gasteiger partial charge in [0, 0.05) is 18.2 Å². The lowest BCUT2D eigenvalue weighted by atomic mass is 10.1. The molecule has 1 amide bonds. The van der Waals surface area contributed by atoms with Crippen LogP contribution >= 0.6 is 0 Å². The minimum absolute atomic E-state index is 0.0180. The minimum atomic E-state index is -0.675. The molecular formula is C12H19N3O2. The molecule has 2 unspecified atom stereocenters. The van der Waals surface area contributed by atoms with Crippen LogP contribution in [0.15, 0.2) is 12.1 Å². The molecule has 0 aromatic carbocycles. The van der Waals surface area contributed by atoms with Crippen LogP contribution in [0.3, 0.4) is 0 Å². The van der Waals surface area contributed by atoms with Crippen LogP contribution < -0.4 is 16.2 Å². The van der Waals surface area contributed by atoms with Crippen molar-refractivity contribution in [1.29, 1.82) is 0 Å². The second-order valence-corrected chi connectivity index (χ2v) is 4.24. The van der Waals surface area contributed by atoms with Crippen molar-refractivity contribution in [3.63, 3.8) is 0 Å². The van der Waals surface area contributed by atoms with Gasteiger partial charge in [-0.1, -0.05) is 0 Å². The Morgan fingerprint density at radius 3 is 2.65 bits per heavy atom. The molecule has 17 heavy (non-hydrogen) atoms. The van der Waals surface area contributed by atoms with Crippen molar-refractivity contribution in [2.24, 2.45) is 11.5 Å². The zero-order valence-corrected chi connectivity index (χ0v) is 10.4. The maximum Gasteiger partial charge on any atom is 0.258 e. The van der Waals surface area contributed by atoms with Crippen molar-refractivity contribution >= 4 is 5.91 Å². The Balaban J connectivity index is 2.93. The quantitative estimate of drug-likeness (QED) is 0.781. The molecule has 1 heterocycles. The fourth-order valence-electron chi connectivity index (χ4n) is 1.40. The molecule has 0 radical (unpaired) electrons. The summed E-state index contributed by atoms with van der Waals surface area (Å²) in [4.78, 5) is 15.3. The summed E-state index contributed by atoms with van der Waals surface area (Å²) < 4.78 is 5.47. The molecule has 5 heteroatoms. The smallest absolute Gasteiger partial charge is 0.258 e. The number of nitrogens with zero attached hydrogens (tertiary/aromatic N) is 1. The maximum atomic E-state index is 11.0. The largest absolute Gasteiger partial charge is 0.479 e. The number of aryl methyl sites for hydroxylation is 1. The number of rotatable bonds is 5. The van der Waals surface area contributed by atoms with E-state index in [0.717, 1.165) is 11.4 Å². The van der Waals surface area contributed by atoms with Gasteiger partial charge < -0.3 is 16.2 Å². The number of hydrogen-bond acceptors (Lipinski definition) is 4. The van der Waals surface area contributed by atoms with Gasteiger partial charge in [-0.3, -0.25) is 9.78 Å². The summed E-state index contributed by atoms with van der Waals surface area (Å²) in [7, 11) is 0. The topological polar surface area (TPSA) is 91.2 Å². The minimum Gasteiger partial charge on any atom is -0.479 e. The van der Waals surface area contributed by atoms with Gasteiger partial charge in [0.25, 0.3) is 5.91 Å². The van der Waals surface area contributed by atoms with Gasteiger partial charge in [-0.25, -0.2) is 0 Å². The van der Waals surface area contributed by atoms with Crippen LogP contribution in [0.2, 0.25) is 0 Å². The monoisotopic (exact) mass is 237 g/mol. The molecule has 2 atom stereocenters. The third kappa shape index (κ3) is 4.03. The Morgan fingerprint density at radius 2 is 2.12 bits per heavy atom. The fourth-order valence-corrected chi connectivity index (χ4v) is 1.40. The number of ether oxygens (including phenoxy) is 1. The lowest BCUT2D eigenvalue weighted by Crippen LogP contribution is -2.31. The third-order valence-corrected chi connectivity index (χ3v) is 2.29. The van der Waals surface area contributed by atoms with Crippen LogP contribution in [0.25, 0.3) is 0 Å². The van der Waals surface area contributed by atoms with Crippen LogP contribution in [0, 0.1) is 6.92 Å². The Bertz CT molecular complexity index is 405. The van der Waals surface area contributed by atoms with E-state index in [1.165, 1.54) is 0 Å². The summed E-state index contributed by atoms with van der Waals surface area (Å²) in [5.74, 6) is 0.0662. The van der Waals surface area contributed by atoms with Crippen LogP contribution in [0.5, 0.6) is 5.75 Å². The van der Waals surface area contributed by atoms with E-state index in [9.17, 15) is 4.79 Å². The van der Waals surface area contributed by atoms with Crippen molar-refractivity contribution < 1.29 is 9.53 Å². The molecule has 94 valence electrons. The van der Waals surface area contributed by atoms with Gasteiger partial charge in [-0.2, -0.15) is 0 Å². The molecule has 0 saturated heterocycles. The van der Waals surface area contributed by atoms with Gasteiger partial charge in [-0.05, 0) is 32.9 Å². The molecule has 0 fully saturated rings. The normalized spacial score (nSPS) is 14.1. The van der Waals surface area contributed by atoms with Gasteiger partial charge in [0.1, 0.15) is 5.75 Å². The van der Waals surface area contributed by atoms with Gasteiger partial charge >= 0.3 is 0 Å². The summed E-state index contributed by atoms with van der Waals surface area (Å²) in [6.07, 6.45) is -0.0750. The summed E-state index contributed by atoms with van der Waals surface area (Å²) in [5, 5.41) is 0. The zero-order chi connectivity index (χ0) is 13.0. The van der Waals surface area contributed by atoms with Crippen LogP contribution in [-0.2, 0) is 11.2 Å². The SMILES string of the molecule is Cc1ccc(OC(C)C(N)=O)c(CC(C)N)n1. The third-order valence-electron chi connectivity index (χ3n) is 2.29. The first kappa shape index (κ1) is 13.4. The number of pyridine rings is 1. The molecule has 4 N–H and O–H groups in total. The summed E-state index contributed by atoms with van der Waals surface area (Å²) in [6.45, 7) is 5.40. The van der Waals surface area contributed by atoms with Gasteiger partial charge in [-0.15, -0.1) is 0 Å². The first-order valence-corrected chi connectivity index (χ1v) is 5.58. The molecule has 0 aliphatic heterocycles. The molecule has 0 spiro atoms. The number of nitrogens with two attached hydrogens (primary N) is 2. The summed E-state index contributed by atoms with van der Waals surface area (Å²) >= 11 is 0. The number of amides is 1. The molecule has 1 aromatic rings. The number of aromatic nitrogens is 1. The number of carbonyl (C=O) groups excluding carboxylic acids is 1. The first-order valence-electron chi connectivity index (χ1n) is 5.58. The molecule has 0 saturated carbocycles. The zero-order valence-electron chi connectivity index (χ0n) is 10.4. The van der Waals surface area contributed by atoms with E-state index in [4.69, 9.17) is 16.2 Å². The van der Waals surface area contributed by atoms with Gasteiger partial charge in [0.2, 0.25) is 0 Å². The standard InChI is InChI=1S/C12H19N3O2/c1-7(13)6-10-11(5-4-8(2)15-10)17-9(3)12(14)16/h4-5,7,9H,6,13H2,1-3H3,(H2,14,16). The number of carbonyl (C=O) groups is 1. The summed E-state index contributed by atoms with van der Waals surface area (Å²) in [6, 6.07) is 3.60. The summed E-state index contributed by atoms with van der Waals surface area (Å²) in [5.41, 5.74) is 12.5. The highest BCUT2D eigenvalue weighted by Gasteiger charge is 2.14. The van der Waals surface area contributed by atoms with Crippen molar-refractivity contribution in [1.82, 2.24) is 4.98 Å².